The Morgan fingerprint density at radius 1 is 1.35 bits per heavy atom. The minimum atomic E-state index is -3.79. The third-order valence-corrected chi connectivity index (χ3v) is 7.54. The lowest BCUT2D eigenvalue weighted by Crippen LogP contribution is -2.41. The minimum absolute atomic E-state index is 0.0576. The number of carbonyl (C=O) groups excluding carboxylic acids is 1. The summed E-state index contributed by atoms with van der Waals surface area (Å²) >= 11 is 6.37. The molecule has 34 heavy (non-hydrogen) atoms. The Morgan fingerprint density at radius 3 is 2.79 bits per heavy atom. The zero-order valence-corrected chi connectivity index (χ0v) is 20.0. The second-order valence-corrected chi connectivity index (χ2v) is 10.2. The summed E-state index contributed by atoms with van der Waals surface area (Å²) in [6.07, 6.45) is 4.12. The number of sulfonamides is 1. The van der Waals surface area contributed by atoms with Crippen LogP contribution >= 0.6 is 11.6 Å². The Labute approximate surface area is 200 Å². The van der Waals surface area contributed by atoms with Crippen LogP contribution in [0.15, 0.2) is 42.1 Å². The van der Waals surface area contributed by atoms with E-state index in [-0.39, 0.29) is 30.1 Å². The Morgan fingerprint density at radius 2 is 2.15 bits per heavy atom. The summed E-state index contributed by atoms with van der Waals surface area (Å²) in [6.45, 7) is 2.43. The number of aryl methyl sites for hydroxylation is 1. The number of H-pyrrole nitrogens is 1. The topological polar surface area (TPSA) is 126 Å². The number of imidazole rings is 1. The molecule has 0 saturated carbocycles. The van der Waals surface area contributed by atoms with Gasteiger partial charge in [0.25, 0.3) is 0 Å². The highest BCUT2D eigenvalue weighted by atomic mass is 35.5. The van der Waals surface area contributed by atoms with E-state index in [4.69, 9.17) is 11.6 Å². The van der Waals surface area contributed by atoms with E-state index in [1.807, 2.05) is 6.92 Å². The molecule has 13 heteroatoms. The van der Waals surface area contributed by atoms with Crippen molar-refractivity contribution in [2.45, 2.75) is 19.3 Å². The molecule has 3 aromatic heterocycles. The standard InChI is InChI=1S/C21H23ClFN7O3S/c1-13-12-30(34(32,33)10-7-18(31)26-17-5-8-25-29(17)2)9-6-15(13)19-20(22)28-21(27-19)16-4-3-14(23)11-24-16/h3-5,7-8,10-11,13,15H,6,9,12H2,1-2H3,(H,26,31)(H,27,28)/t13-,15+/m0/s1. The third-order valence-electron chi connectivity index (χ3n) is 5.72. The number of hydrogen-bond donors (Lipinski definition) is 2. The Balaban J connectivity index is 1.42. The highest BCUT2D eigenvalue weighted by Gasteiger charge is 2.34. The van der Waals surface area contributed by atoms with Crippen molar-refractivity contribution in [3.05, 3.63) is 58.7 Å². The Hall–Kier alpha value is -3.09. The lowest BCUT2D eigenvalue weighted by Gasteiger charge is -2.35. The van der Waals surface area contributed by atoms with Crippen molar-refractivity contribution >= 4 is 33.3 Å². The number of rotatable bonds is 6. The molecule has 1 amide bonds. The van der Waals surface area contributed by atoms with Crippen LogP contribution in [0.5, 0.6) is 0 Å². The van der Waals surface area contributed by atoms with Crippen molar-refractivity contribution in [1.29, 1.82) is 0 Å². The van der Waals surface area contributed by atoms with Crippen LogP contribution in [0, 0.1) is 11.7 Å². The average Bonchev–Trinajstić information content (AvgIpc) is 3.38. The average molecular weight is 508 g/mol. The van der Waals surface area contributed by atoms with Gasteiger partial charge in [0.1, 0.15) is 17.3 Å². The Bertz CT molecular complexity index is 1320. The first kappa shape index (κ1) is 24.0. The van der Waals surface area contributed by atoms with Crippen molar-refractivity contribution in [2.24, 2.45) is 13.0 Å². The molecule has 180 valence electrons. The fourth-order valence-electron chi connectivity index (χ4n) is 3.91. The number of nitrogens with one attached hydrogen (secondary N) is 2. The smallest absolute Gasteiger partial charge is 0.250 e. The Kier molecular flexibility index (Phi) is 6.82. The van der Waals surface area contributed by atoms with E-state index in [1.165, 1.54) is 27.3 Å². The van der Waals surface area contributed by atoms with Crippen molar-refractivity contribution in [2.75, 3.05) is 18.4 Å². The maximum absolute atomic E-state index is 13.2. The molecule has 1 fully saturated rings. The van der Waals surface area contributed by atoms with E-state index in [2.05, 4.69) is 25.4 Å². The maximum atomic E-state index is 13.2. The molecule has 0 spiro atoms. The van der Waals surface area contributed by atoms with E-state index in [0.29, 0.717) is 29.5 Å². The van der Waals surface area contributed by atoms with E-state index < -0.39 is 21.7 Å². The molecule has 4 rings (SSSR count). The van der Waals surface area contributed by atoms with Crippen LogP contribution in [-0.2, 0) is 21.9 Å². The SMILES string of the molecule is C[C@H]1CN(S(=O)(=O)C=CC(=O)Nc2ccnn2C)CC[C@H]1c1[nH]c(-c2ccc(F)cn2)nc1Cl. The summed E-state index contributed by atoms with van der Waals surface area (Å²) < 4.78 is 41.5. The molecular weight excluding hydrogens is 485 g/mol. The first-order valence-electron chi connectivity index (χ1n) is 10.5. The van der Waals surface area contributed by atoms with Crippen molar-refractivity contribution in [3.8, 4) is 11.5 Å². The number of carbonyl (C=O) groups is 1. The van der Waals surface area contributed by atoms with Gasteiger partial charge in [-0.3, -0.25) is 9.48 Å². The second kappa shape index (κ2) is 9.65. The molecule has 3 aromatic rings. The van der Waals surface area contributed by atoms with Crippen LogP contribution in [0.2, 0.25) is 5.15 Å². The number of aromatic amines is 1. The molecule has 1 aliphatic rings. The van der Waals surface area contributed by atoms with Crippen LogP contribution < -0.4 is 5.32 Å². The molecule has 2 atom stereocenters. The number of pyridine rings is 1. The summed E-state index contributed by atoms with van der Waals surface area (Å²) in [7, 11) is -2.13. The van der Waals surface area contributed by atoms with Crippen molar-refractivity contribution in [3.63, 3.8) is 0 Å². The zero-order valence-electron chi connectivity index (χ0n) is 18.4. The number of aromatic nitrogens is 5. The van der Waals surface area contributed by atoms with Gasteiger partial charge >= 0.3 is 0 Å². The zero-order chi connectivity index (χ0) is 24.5. The predicted octanol–water partition coefficient (Wildman–Crippen LogP) is 2.91. The summed E-state index contributed by atoms with van der Waals surface area (Å²) in [5.41, 5.74) is 1.15. The number of halogens is 2. The van der Waals surface area contributed by atoms with Crippen molar-refractivity contribution < 1.29 is 17.6 Å². The molecule has 0 aliphatic carbocycles. The number of nitrogens with zero attached hydrogens (tertiary/aromatic N) is 5. The first-order valence-corrected chi connectivity index (χ1v) is 12.4. The highest BCUT2D eigenvalue weighted by Crippen LogP contribution is 2.37. The van der Waals surface area contributed by atoms with Crippen LogP contribution in [0.1, 0.15) is 25.0 Å². The summed E-state index contributed by atoms with van der Waals surface area (Å²) in [5, 5.41) is 7.69. The predicted molar refractivity (Wildman–Crippen MR) is 125 cm³/mol. The minimum Gasteiger partial charge on any atom is -0.339 e. The second-order valence-electron chi connectivity index (χ2n) is 8.06. The number of amides is 1. The van der Waals surface area contributed by atoms with Crippen LogP contribution in [0.25, 0.3) is 11.5 Å². The van der Waals surface area contributed by atoms with E-state index in [1.54, 1.807) is 13.1 Å². The largest absolute Gasteiger partial charge is 0.339 e. The molecule has 0 bridgehead atoms. The van der Waals surface area contributed by atoms with Gasteiger partial charge in [-0.05, 0) is 24.5 Å². The van der Waals surface area contributed by atoms with Gasteiger partial charge in [-0.25, -0.2) is 22.8 Å². The molecule has 1 aliphatic heterocycles. The summed E-state index contributed by atoms with van der Waals surface area (Å²) in [5.74, 6) is -0.281. The van der Waals surface area contributed by atoms with Crippen molar-refractivity contribution in [1.82, 2.24) is 29.0 Å². The third kappa shape index (κ3) is 5.18. The molecule has 0 aromatic carbocycles. The van der Waals surface area contributed by atoms with E-state index in [9.17, 15) is 17.6 Å². The molecule has 0 radical (unpaired) electrons. The maximum Gasteiger partial charge on any atom is 0.250 e. The quantitative estimate of drug-likeness (QED) is 0.494. The lowest BCUT2D eigenvalue weighted by atomic mass is 9.86. The highest BCUT2D eigenvalue weighted by molar-refractivity contribution is 7.92. The monoisotopic (exact) mass is 507 g/mol. The van der Waals surface area contributed by atoms with E-state index >= 15 is 0 Å². The normalized spacial score (nSPS) is 19.5. The van der Waals surface area contributed by atoms with Crippen LogP contribution in [0.4, 0.5) is 10.2 Å². The molecule has 2 N–H and O–H groups in total. The van der Waals surface area contributed by atoms with Gasteiger partial charge < -0.3 is 10.3 Å². The molecule has 4 heterocycles. The lowest BCUT2D eigenvalue weighted by molar-refractivity contribution is -0.111. The fourth-order valence-corrected chi connectivity index (χ4v) is 5.46. The molecule has 1 saturated heterocycles. The van der Waals surface area contributed by atoms with Gasteiger partial charge in [-0.15, -0.1) is 0 Å². The van der Waals surface area contributed by atoms with Gasteiger partial charge in [0, 0.05) is 38.2 Å². The van der Waals surface area contributed by atoms with E-state index in [0.717, 1.165) is 17.7 Å². The van der Waals surface area contributed by atoms with Gasteiger partial charge in [0.05, 0.1) is 23.5 Å². The number of anilines is 1. The molecular formula is C21H23ClFN7O3S. The molecule has 10 nitrogen and oxygen atoms in total. The number of piperidine rings is 1. The van der Waals surface area contributed by atoms with Crippen LogP contribution in [0.3, 0.4) is 0 Å². The first-order chi connectivity index (χ1) is 16.1. The van der Waals surface area contributed by atoms with Gasteiger partial charge in [-0.1, -0.05) is 18.5 Å². The van der Waals surface area contributed by atoms with Gasteiger partial charge in [0.15, 0.2) is 11.0 Å². The van der Waals surface area contributed by atoms with Gasteiger partial charge in [-0.2, -0.15) is 9.40 Å². The summed E-state index contributed by atoms with van der Waals surface area (Å²) in [4.78, 5) is 23.6. The fraction of sp³-hybridized carbons (Fsp3) is 0.333. The number of hydrogen-bond acceptors (Lipinski definition) is 6. The molecule has 0 unspecified atom stereocenters. The van der Waals surface area contributed by atoms with Gasteiger partial charge in [0.2, 0.25) is 15.9 Å². The van der Waals surface area contributed by atoms with Crippen LogP contribution in [-0.4, -0.2) is 56.5 Å². The summed E-state index contributed by atoms with van der Waals surface area (Å²) in [6, 6.07) is 4.39.